The molecule has 0 atom stereocenters. The molecule has 0 aliphatic heterocycles. The molecule has 0 amide bonds. The van der Waals surface area contributed by atoms with Gasteiger partial charge in [0.15, 0.2) is 0 Å². The maximum Gasteiger partial charge on any atom is 0.0488 e. The summed E-state index contributed by atoms with van der Waals surface area (Å²) in [6.45, 7) is 2.16. The topological polar surface area (TPSA) is 0 Å². The van der Waals surface area contributed by atoms with Crippen molar-refractivity contribution in [2.24, 2.45) is 0 Å². The summed E-state index contributed by atoms with van der Waals surface area (Å²) >= 11 is 9.47. The number of alkyl halides is 1. The third-order valence-corrected chi connectivity index (χ3v) is 4.47. The lowest BCUT2D eigenvalue weighted by Gasteiger charge is -2.01. The number of thiophene rings is 1. The highest BCUT2D eigenvalue weighted by molar-refractivity contribution is 7.98. The number of hydrogen-bond donors (Lipinski definition) is 0. The van der Waals surface area contributed by atoms with Crippen molar-refractivity contribution < 1.29 is 0 Å². The maximum absolute atomic E-state index is 5.89. The van der Waals surface area contributed by atoms with Crippen LogP contribution in [-0.4, -0.2) is 6.26 Å². The minimum atomic E-state index is 0.608. The molecule has 0 saturated carbocycles. The molecule has 74 valence electrons. The Balaban J connectivity index is 2.73. The molecular weight excluding hydrogens is 232 g/mol. The van der Waals surface area contributed by atoms with Crippen LogP contribution in [0.1, 0.15) is 11.1 Å². The molecule has 0 bridgehead atoms. The SMILES string of the molecule is CSc1cc(C)c2scc(CCl)c2c1. The number of rotatable bonds is 2. The average molecular weight is 243 g/mol. The molecule has 0 unspecified atom stereocenters. The molecular formula is C11H11ClS2. The summed E-state index contributed by atoms with van der Waals surface area (Å²) in [6.07, 6.45) is 2.10. The third kappa shape index (κ3) is 1.67. The number of benzene rings is 1. The second-order valence-corrected chi connectivity index (χ2v) is 5.24. The Morgan fingerprint density at radius 1 is 1.43 bits per heavy atom. The van der Waals surface area contributed by atoms with Crippen molar-refractivity contribution in [2.75, 3.05) is 6.26 Å². The van der Waals surface area contributed by atoms with Gasteiger partial charge in [-0.05, 0) is 47.2 Å². The van der Waals surface area contributed by atoms with Gasteiger partial charge in [0, 0.05) is 15.5 Å². The van der Waals surface area contributed by atoms with Crippen molar-refractivity contribution in [3.8, 4) is 0 Å². The highest BCUT2D eigenvalue weighted by atomic mass is 35.5. The Labute approximate surface area is 97.3 Å². The van der Waals surface area contributed by atoms with Crippen molar-refractivity contribution >= 4 is 44.8 Å². The van der Waals surface area contributed by atoms with Gasteiger partial charge in [0.05, 0.1) is 0 Å². The lowest BCUT2D eigenvalue weighted by molar-refractivity contribution is 1.41. The molecule has 1 aromatic heterocycles. The van der Waals surface area contributed by atoms with Gasteiger partial charge in [-0.2, -0.15) is 0 Å². The number of halogens is 1. The van der Waals surface area contributed by atoms with E-state index in [1.165, 1.54) is 26.1 Å². The Hall–Kier alpha value is -0.180. The first-order valence-electron chi connectivity index (χ1n) is 4.37. The van der Waals surface area contributed by atoms with Gasteiger partial charge >= 0.3 is 0 Å². The molecule has 0 fully saturated rings. The second-order valence-electron chi connectivity index (χ2n) is 3.22. The Kier molecular flexibility index (Phi) is 3.05. The van der Waals surface area contributed by atoms with E-state index in [2.05, 4.69) is 30.7 Å². The first kappa shape index (κ1) is 10.3. The van der Waals surface area contributed by atoms with Crippen LogP contribution in [0.2, 0.25) is 0 Å². The number of hydrogen-bond acceptors (Lipinski definition) is 2. The monoisotopic (exact) mass is 242 g/mol. The van der Waals surface area contributed by atoms with Crippen LogP contribution in [0.5, 0.6) is 0 Å². The van der Waals surface area contributed by atoms with E-state index in [0.29, 0.717) is 5.88 Å². The quantitative estimate of drug-likeness (QED) is 0.545. The zero-order chi connectivity index (χ0) is 10.1. The van der Waals surface area contributed by atoms with Gasteiger partial charge < -0.3 is 0 Å². The molecule has 0 aliphatic rings. The van der Waals surface area contributed by atoms with Crippen LogP contribution < -0.4 is 0 Å². The molecule has 0 radical (unpaired) electrons. The molecule has 0 aliphatic carbocycles. The molecule has 2 aromatic rings. The van der Waals surface area contributed by atoms with Gasteiger partial charge in [-0.1, -0.05) is 0 Å². The van der Waals surface area contributed by atoms with Crippen LogP contribution in [0.25, 0.3) is 10.1 Å². The van der Waals surface area contributed by atoms with Crippen molar-refractivity contribution in [3.63, 3.8) is 0 Å². The standard InChI is InChI=1S/C11H11ClS2/c1-7-3-9(13-2)4-10-8(5-12)6-14-11(7)10/h3-4,6H,5H2,1-2H3. The zero-order valence-electron chi connectivity index (χ0n) is 8.13. The summed E-state index contributed by atoms with van der Waals surface area (Å²) in [5.74, 6) is 0.608. The summed E-state index contributed by atoms with van der Waals surface area (Å²) in [7, 11) is 0. The molecule has 0 nitrogen and oxygen atoms in total. The second kappa shape index (κ2) is 4.13. The Morgan fingerprint density at radius 2 is 2.21 bits per heavy atom. The van der Waals surface area contributed by atoms with Crippen LogP contribution in [0.4, 0.5) is 0 Å². The van der Waals surface area contributed by atoms with Crippen molar-refractivity contribution in [2.45, 2.75) is 17.7 Å². The molecule has 0 N–H and O–H groups in total. The van der Waals surface area contributed by atoms with Crippen LogP contribution in [0.15, 0.2) is 22.4 Å². The summed E-state index contributed by atoms with van der Waals surface area (Å²) in [5.41, 5.74) is 2.61. The van der Waals surface area contributed by atoms with Crippen LogP contribution in [-0.2, 0) is 5.88 Å². The van der Waals surface area contributed by atoms with Gasteiger partial charge in [0.25, 0.3) is 0 Å². The molecule has 1 heterocycles. The summed E-state index contributed by atoms with van der Waals surface area (Å²) < 4.78 is 1.37. The average Bonchev–Trinajstić information content (AvgIpc) is 2.61. The zero-order valence-corrected chi connectivity index (χ0v) is 10.5. The van der Waals surface area contributed by atoms with E-state index in [1.54, 1.807) is 23.1 Å². The first-order chi connectivity index (χ1) is 6.76. The highest BCUT2D eigenvalue weighted by Crippen LogP contribution is 2.33. The van der Waals surface area contributed by atoms with Gasteiger partial charge in [0.2, 0.25) is 0 Å². The van der Waals surface area contributed by atoms with Crippen LogP contribution in [0.3, 0.4) is 0 Å². The molecule has 3 heteroatoms. The van der Waals surface area contributed by atoms with Crippen molar-refractivity contribution in [1.82, 2.24) is 0 Å². The smallest absolute Gasteiger partial charge is 0.0488 e. The molecule has 2 rings (SSSR count). The molecule has 0 spiro atoms. The summed E-state index contributed by atoms with van der Waals surface area (Å²) in [5, 5.41) is 3.49. The van der Waals surface area contributed by atoms with Gasteiger partial charge in [-0.15, -0.1) is 34.7 Å². The number of fused-ring (bicyclic) bond motifs is 1. The van der Waals surface area contributed by atoms with Gasteiger partial charge in [-0.25, -0.2) is 0 Å². The summed E-state index contributed by atoms with van der Waals surface area (Å²) in [4.78, 5) is 1.32. The van der Waals surface area contributed by atoms with E-state index in [1.807, 2.05) is 0 Å². The van der Waals surface area contributed by atoms with Gasteiger partial charge in [0.1, 0.15) is 0 Å². The number of aryl methyl sites for hydroxylation is 1. The van der Waals surface area contributed by atoms with E-state index >= 15 is 0 Å². The van der Waals surface area contributed by atoms with Crippen LogP contribution in [0, 0.1) is 6.92 Å². The van der Waals surface area contributed by atoms with E-state index in [-0.39, 0.29) is 0 Å². The fraction of sp³-hybridized carbons (Fsp3) is 0.273. The highest BCUT2D eigenvalue weighted by Gasteiger charge is 2.06. The van der Waals surface area contributed by atoms with Crippen molar-refractivity contribution in [1.29, 1.82) is 0 Å². The van der Waals surface area contributed by atoms with E-state index in [4.69, 9.17) is 11.6 Å². The largest absolute Gasteiger partial charge is 0.143 e. The predicted octanol–water partition coefficient (Wildman–Crippen LogP) is 4.67. The van der Waals surface area contributed by atoms with Crippen LogP contribution >= 0.6 is 34.7 Å². The molecule has 1 aromatic carbocycles. The number of thioether (sulfide) groups is 1. The Bertz CT molecular complexity index is 460. The minimum Gasteiger partial charge on any atom is -0.143 e. The molecule has 0 saturated heterocycles. The van der Waals surface area contributed by atoms with Crippen molar-refractivity contribution in [3.05, 3.63) is 28.6 Å². The normalized spacial score (nSPS) is 11.1. The van der Waals surface area contributed by atoms with E-state index in [9.17, 15) is 0 Å². The Morgan fingerprint density at radius 3 is 2.86 bits per heavy atom. The van der Waals surface area contributed by atoms with Gasteiger partial charge in [-0.3, -0.25) is 0 Å². The summed E-state index contributed by atoms with van der Waals surface area (Å²) in [6, 6.07) is 4.47. The van der Waals surface area contributed by atoms with E-state index < -0.39 is 0 Å². The molecule has 14 heavy (non-hydrogen) atoms. The fourth-order valence-corrected chi connectivity index (χ4v) is 3.43. The minimum absolute atomic E-state index is 0.608. The maximum atomic E-state index is 5.89. The predicted molar refractivity (Wildman–Crippen MR) is 67.9 cm³/mol. The lowest BCUT2D eigenvalue weighted by atomic mass is 10.1. The third-order valence-electron chi connectivity index (χ3n) is 2.29. The lowest BCUT2D eigenvalue weighted by Crippen LogP contribution is -1.78. The first-order valence-corrected chi connectivity index (χ1v) is 7.01. The fourth-order valence-electron chi connectivity index (χ4n) is 1.55. The van der Waals surface area contributed by atoms with E-state index in [0.717, 1.165) is 0 Å².